The van der Waals surface area contributed by atoms with E-state index in [1.165, 1.54) is 51.0 Å². The van der Waals surface area contributed by atoms with Gasteiger partial charge in [-0.2, -0.15) is 0 Å². The van der Waals surface area contributed by atoms with E-state index in [-0.39, 0.29) is 5.75 Å². The summed E-state index contributed by atoms with van der Waals surface area (Å²) in [5, 5.41) is 22.6. The lowest BCUT2D eigenvalue weighted by atomic mass is 10.0. The number of ether oxygens (including phenoxy) is 1. The average Bonchev–Trinajstić information content (AvgIpc) is 2.57. The normalized spacial score (nSPS) is 11.7. The summed E-state index contributed by atoms with van der Waals surface area (Å²) in [6, 6.07) is 5.03. The fourth-order valence-electron chi connectivity index (χ4n) is 2.72. The largest absolute Gasteiger partial charge is 0.507 e. The molecule has 1 aromatic carbocycles. The van der Waals surface area contributed by atoms with Gasteiger partial charge in [0.15, 0.2) is 0 Å². The monoisotopic (exact) mass is 321 g/mol. The van der Waals surface area contributed by atoms with Gasteiger partial charge in [-0.1, -0.05) is 63.4 Å². The van der Waals surface area contributed by atoms with Crippen LogP contribution in [0.5, 0.6) is 11.5 Å². The maximum atomic E-state index is 10.00. The molecule has 4 nitrogen and oxygen atoms in total. The molecule has 0 unspecified atom stereocenters. The fraction of sp³-hybridized carbons (Fsp3) is 0.632. The Morgan fingerprint density at radius 1 is 1.00 bits per heavy atom. The predicted octanol–water partition coefficient (Wildman–Crippen LogP) is 5.50. The first kappa shape index (κ1) is 19.3. The molecular weight excluding hydrogens is 290 g/mol. The van der Waals surface area contributed by atoms with Crippen molar-refractivity contribution < 1.29 is 15.1 Å². The first-order valence-corrected chi connectivity index (χ1v) is 8.81. The minimum Gasteiger partial charge on any atom is -0.507 e. The number of phenols is 1. The summed E-state index contributed by atoms with van der Waals surface area (Å²) in [7, 11) is 1.55. The Morgan fingerprint density at radius 3 is 2.13 bits per heavy atom. The highest BCUT2D eigenvalue weighted by atomic mass is 16.5. The third-order valence-corrected chi connectivity index (χ3v) is 4.15. The van der Waals surface area contributed by atoms with Crippen LogP contribution in [0, 0.1) is 0 Å². The fourth-order valence-corrected chi connectivity index (χ4v) is 2.72. The van der Waals surface area contributed by atoms with Gasteiger partial charge in [-0.15, -0.1) is 0 Å². The number of aromatic hydroxyl groups is 1. The molecule has 0 aliphatic heterocycles. The number of methoxy groups -OCH3 is 1. The van der Waals surface area contributed by atoms with Crippen molar-refractivity contribution in [2.75, 3.05) is 7.11 Å². The summed E-state index contributed by atoms with van der Waals surface area (Å²) in [5.74, 6) is 0.680. The minimum absolute atomic E-state index is 0.0908. The van der Waals surface area contributed by atoms with E-state index in [1.54, 1.807) is 19.2 Å². The molecule has 0 spiro atoms. The molecule has 1 rings (SSSR count). The molecule has 2 N–H and O–H groups in total. The molecule has 0 saturated heterocycles. The summed E-state index contributed by atoms with van der Waals surface area (Å²) in [4.78, 5) is 0. The average molecular weight is 321 g/mol. The molecular formula is C19H31NO3. The molecule has 0 bridgehead atoms. The summed E-state index contributed by atoms with van der Waals surface area (Å²) < 4.78 is 5.06. The number of benzene rings is 1. The van der Waals surface area contributed by atoms with Crippen LogP contribution in [-0.2, 0) is 0 Å². The van der Waals surface area contributed by atoms with Gasteiger partial charge in [0, 0.05) is 11.6 Å². The van der Waals surface area contributed by atoms with E-state index in [9.17, 15) is 10.3 Å². The highest BCUT2D eigenvalue weighted by Crippen LogP contribution is 2.25. The molecule has 130 valence electrons. The highest BCUT2D eigenvalue weighted by Gasteiger charge is 2.10. The summed E-state index contributed by atoms with van der Waals surface area (Å²) >= 11 is 0. The quantitative estimate of drug-likeness (QED) is 0.231. The van der Waals surface area contributed by atoms with E-state index in [4.69, 9.17) is 4.74 Å². The van der Waals surface area contributed by atoms with Crippen molar-refractivity contribution in [2.45, 2.75) is 71.1 Å². The molecule has 0 aromatic heterocycles. The SMILES string of the molecule is CCCCCCCCCCC/C(=N/O)c1ccc(OC)cc1O. The molecule has 0 radical (unpaired) electrons. The second kappa shape index (κ2) is 11.8. The maximum Gasteiger partial charge on any atom is 0.128 e. The molecule has 0 heterocycles. The third-order valence-electron chi connectivity index (χ3n) is 4.15. The molecule has 1 aromatic rings. The molecule has 0 aliphatic rings. The van der Waals surface area contributed by atoms with Crippen LogP contribution < -0.4 is 4.74 Å². The van der Waals surface area contributed by atoms with Gasteiger partial charge in [-0.3, -0.25) is 0 Å². The highest BCUT2D eigenvalue weighted by molar-refractivity contribution is 6.02. The molecule has 0 aliphatic carbocycles. The van der Waals surface area contributed by atoms with Crippen molar-refractivity contribution in [2.24, 2.45) is 5.16 Å². The maximum absolute atomic E-state index is 10.00. The lowest BCUT2D eigenvalue weighted by molar-refractivity contribution is 0.317. The minimum atomic E-state index is 0.0908. The smallest absolute Gasteiger partial charge is 0.128 e. The number of rotatable bonds is 12. The first-order valence-electron chi connectivity index (χ1n) is 8.81. The van der Waals surface area contributed by atoms with Crippen LogP contribution in [0.4, 0.5) is 0 Å². The van der Waals surface area contributed by atoms with E-state index in [0.717, 1.165) is 12.8 Å². The molecule has 4 heteroatoms. The first-order chi connectivity index (χ1) is 11.2. The van der Waals surface area contributed by atoms with Crippen LogP contribution in [0.25, 0.3) is 0 Å². The van der Waals surface area contributed by atoms with Crippen molar-refractivity contribution >= 4 is 5.71 Å². The van der Waals surface area contributed by atoms with Gasteiger partial charge in [0.25, 0.3) is 0 Å². The van der Waals surface area contributed by atoms with Crippen LogP contribution in [0.3, 0.4) is 0 Å². The third kappa shape index (κ3) is 7.40. The van der Waals surface area contributed by atoms with Gasteiger partial charge < -0.3 is 15.1 Å². The summed E-state index contributed by atoms with van der Waals surface area (Å²) in [6.07, 6.45) is 11.9. The second-order valence-electron chi connectivity index (χ2n) is 6.01. The second-order valence-corrected chi connectivity index (χ2v) is 6.01. The lowest BCUT2D eigenvalue weighted by Crippen LogP contribution is -2.02. The van der Waals surface area contributed by atoms with Gasteiger partial charge in [-0.05, 0) is 25.0 Å². The van der Waals surface area contributed by atoms with E-state index >= 15 is 0 Å². The van der Waals surface area contributed by atoms with Crippen molar-refractivity contribution in [3.05, 3.63) is 23.8 Å². The topological polar surface area (TPSA) is 62.1 Å². The number of nitrogens with zero attached hydrogens (tertiary/aromatic N) is 1. The Balaban J connectivity index is 2.27. The zero-order chi connectivity index (χ0) is 16.9. The van der Waals surface area contributed by atoms with Crippen LogP contribution in [0.2, 0.25) is 0 Å². The van der Waals surface area contributed by atoms with Crippen LogP contribution in [0.15, 0.2) is 23.4 Å². The van der Waals surface area contributed by atoms with Crippen LogP contribution in [0.1, 0.15) is 76.7 Å². The number of phenolic OH excluding ortho intramolecular Hbond substituents is 1. The Kier molecular flexibility index (Phi) is 9.92. The van der Waals surface area contributed by atoms with Gasteiger partial charge in [-0.25, -0.2) is 0 Å². The molecule has 23 heavy (non-hydrogen) atoms. The van der Waals surface area contributed by atoms with Crippen molar-refractivity contribution in [1.29, 1.82) is 0 Å². The van der Waals surface area contributed by atoms with Crippen LogP contribution in [-0.4, -0.2) is 23.1 Å². The standard InChI is InChI=1S/C19H31NO3/c1-3-4-5-6-7-8-9-10-11-12-18(20-22)17-14-13-16(23-2)15-19(17)21/h13-15,21-22H,3-12H2,1-2H3/b20-18-. The zero-order valence-corrected chi connectivity index (χ0v) is 14.6. The summed E-state index contributed by atoms with van der Waals surface area (Å²) in [5.41, 5.74) is 1.11. The number of unbranched alkanes of at least 4 members (excludes halogenated alkanes) is 8. The van der Waals surface area contributed by atoms with E-state index in [0.29, 0.717) is 23.4 Å². The Hall–Kier alpha value is -1.71. The molecule has 0 amide bonds. The molecule has 0 fully saturated rings. The van der Waals surface area contributed by atoms with E-state index in [2.05, 4.69) is 12.1 Å². The predicted molar refractivity (Wildman–Crippen MR) is 94.8 cm³/mol. The Bertz CT molecular complexity index is 472. The van der Waals surface area contributed by atoms with Crippen molar-refractivity contribution in [1.82, 2.24) is 0 Å². The van der Waals surface area contributed by atoms with Crippen LogP contribution >= 0.6 is 0 Å². The van der Waals surface area contributed by atoms with E-state index in [1.807, 2.05) is 0 Å². The van der Waals surface area contributed by atoms with Crippen molar-refractivity contribution in [3.8, 4) is 11.5 Å². The number of hydrogen-bond donors (Lipinski definition) is 2. The van der Waals surface area contributed by atoms with Gasteiger partial charge in [0.1, 0.15) is 11.5 Å². The van der Waals surface area contributed by atoms with Gasteiger partial charge in [0.2, 0.25) is 0 Å². The lowest BCUT2D eigenvalue weighted by Gasteiger charge is -2.08. The zero-order valence-electron chi connectivity index (χ0n) is 14.6. The Labute approximate surface area is 140 Å². The van der Waals surface area contributed by atoms with E-state index < -0.39 is 0 Å². The summed E-state index contributed by atoms with van der Waals surface area (Å²) in [6.45, 7) is 2.24. The number of oxime groups is 1. The molecule has 0 saturated carbocycles. The van der Waals surface area contributed by atoms with Crippen molar-refractivity contribution in [3.63, 3.8) is 0 Å². The van der Waals surface area contributed by atoms with Gasteiger partial charge >= 0.3 is 0 Å². The number of hydrogen-bond acceptors (Lipinski definition) is 4. The van der Waals surface area contributed by atoms with Gasteiger partial charge in [0.05, 0.1) is 12.8 Å². The Morgan fingerprint density at radius 2 is 1.61 bits per heavy atom. The molecule has 0 atom stereocenters.